The Bertz CT molecular complexity index is 240. The second-order valence-electron chi connectivity index (χ2n) is 4.51. The van der Waals surface area contributed by atoms with Gasteiger partial charge < -0.3 is 0 Å². The van der Waals surface area contributed by atoms with Crippen LogP contribution < -0.4 is 0 Å². The first-order valence-corrected chi connectivity index (χ1v) is 5.48. The third-order valence-electron chi connectivity index (χ3n) is 3.64. The van der Waals surface area contributed by atoms with Gasteiger partial charge in [-0.25, -0.2) is 0 Å². The Kier molecular flexibility index (Phi) is 2.52. The number of hydrogen-bond donors (Lipinski definition) is 0. The van der Waals surface area contributed by atoms with Gasteiger partial charge in [-0.3, -0.25) is 4.79 Å². The minimum absolute atomic E-state index is 0.335. The lowest BCUT2D eigenvalue weighted by Gasteiger charge is -2.14. The van der Waals surface area contributed by atoms with Gasteiger partial charge in [0.25, 0.3) is 0 Å². The Balaban J connectivity index is 1.91. The van der Waals surface area contributed by atoms with Crippen LogP contribution in [0.25, 0.3) is 0 Å². The van der Waals surface area contributed by atoms with E-state index in [1.165, 1.54) is 25.7 Å². The second kappa shape index (κ2) is 3.65. The van der Waals surface area contributed by atoms with Crippen LogP contribution in [0.2, 0.25) is 0 Å². The van der Waals surface area contributed by atoms with Gasteiger partial charge in [0.1, 0.15) is 5.78 Å². The van der Waals surface area contributed by atoms with Crippen molar-refractivity contribution < 1.29 is 4.79 Å². The molecule has 0 saturated heterocycles. The molecule has 13 heavy (non-hydrogen) atoms. The normalized spacial score (nSPS) is 33.9. The van der Waals surface area contributed by atoms with Crippen LogP contribution in [0.3, 0.4) is 0 Å². The van der Waals surface area contributed by atoms with Crippen molar-refractivity contribution in [1.82, 2.24) is 0 Å². The highest BCUT2D eigenvalue weighted by Crippen LogP contribution is 2.35. The number of allylic oxidation sites excluding steroid dienone is 2. The maximum Gasteiger partial charge on any atom is 0.135 e. The number of carbonyl (C=O) groups excluding carboxylic acids is 1. The zero-order valence-electron chi connectivity index (χ0n) is 8.38. The van der Waals surface area contributed by atoms with E-state index in [9.17, 15) is 4.79 Å². The van der Waals surface area contributed by atoms with E-state index in [1.807, 2.05) is 0 Å². The average molecular weight is 178 g/mol. The smallest absolute Gasteiger partial charge is 0.135 e. The lowest BCUT2D eigenvalue weighted by molar-refractivity contribution is -0.120. The van der Waals surface area contributed by atoms with Crippen molar-refractivity contribution in [2.24, 2.45) is 11.8 Å². The molecule has 2 unspecified atom stereocenters. The molecule has 0 aromatic heterocycles. The molecule has 0 N–H and O–H groups in total. The van der Waals surface area contributed by atoms with Gasteiger partial charge in [-0.2, -0.15) is 0 Å². The fourth-order valence-corrected chi connectivity index (χ4v) is 2.61. The first-order chi connectivity index (χ1) is 6.27. The molecule has 1 heteroatoms. The third kappa shape index (κ3) is 1.84. The maximum absolute atomic E-state index is 11.3. The summed E-state index contributed by atoms with van der Waals surface area (Å²) in [6.07, 6.45) is 9.45. The summed E-state index contributed by atoms with van der Waals surface area (Å²) in [6.45, 7) is 2.11. The minimum Gasteiger partial charge on any atom is -0.299 e. The van der Waals surface area contributed by atoms with Gasteiger partial charge in [0.05, 0.1) is 0 Å². The van der Waals surface area contributed by atoms with E-state index in [0.29, 0.717) is 17.6 Å². The molecule has 0 aromatic rings. The number of Topliss-reactive ketones (excluding diaryl/α,β-unsaturated/α-hetero) is 1. The van der Waals surface area contributed by atoms with E-state index in [-0.39, 0.29) is 0 Å². The van der Waals surface area contributed by atoms with Crippen molar-refractivity contribution in [3.63, 3.8) is 0 Å². The maximum atomic E-state index is 11.3. The topological polar surface area (TPSA) is 17.1 Å². The quantitative estimate of drug-likeness (QED) is 0.594. The zero-order chi connectivity index (χ0) is 9.26. The zero-order valence-corrected chi connectivity index (χ0v) is 8.38. The van der Waals surface area contributed by atoms with E-state index in [1.54, 1.807) is 5.57 Å². The minimum atomic E-state index is 0.335. The average Bonchev–Trinajstić information content (AvgIpc) is 2.71. The Labute approximate surface area is 80.2 Å². The molecule has 0 aliphatic heterocycles. The molecule has 0 amide bonds. The monoisotopic (exact) mass is 178 g/mol. The summed E-state index contributed by atoms with van der Waals surface area (Å²) in [7, 11) is 0. The van der Waals surface area contributed by atoms with Crippen LogP contribution in [-0.2, 0) is 4.79 Å². The van der Waals surface area contributed by atoms with Crippen LogP contribution in [-0.4, -0.2) is 5.78 Å². The van der Waals surface area contributed by atoms with Gasteiger partial charge in [-0.1, -0.05) is 18.6 Å². The Morgan fingerprint density at radius 1 is 1.46 bits per heavy atom. The van der Waals surface area contributed by atoms with Crippen LogP contribution in [0.4, 0.5) is 0 Å². The summed E-state index contributed by atoms with van der Waals surface area (Å²) in [5, 5.41) is 0. The van der Waals surface area contributed by atoms with E-state index in [4.69, 9.17) is 0 Å². The molecule has 0 aromatic carbocycles. The fraction of sp³-hybridized carbons (Fsp3) is 0.750. The van der Waals surface area contributed by atoms with Crippen LogP contribution >= 0.6 is 0 Å². The first-order valence-electron chi connectivity index (χ1n) is 5.48. The molecule has 2 atom stereocenters. The number of ketones is 1. The summed E-state index contributed by atoms with van der Waals surface area (Å²) in [5.41, 5.74) is 1.62. The molecule has 0 bridgehead atoms. The predicted molar refractivity (Wildman–Crippen MR) is 53.4 cm³/mol. The van der Waals surface area contributed by atoms with Crippen LogP contribution in [0, 0.1) is 11.8 Å². The molecule has 1 fully saturated rings. The molecule has 0 radical (unpaired) electrons. The summed E-state index contributed by atoms with van der Waals surface area (Å²) < 4.78 is 0. The summed E-state index contributed by atoms with van der Waals surface area (Å²) in [6, 6.07) is 0. The lowest BCUT2D eigenvalue weighted by atomic mass is 9.90. The molecule has 2 aliphatic rings. The molecule has 0 heterocycles. The fourth-order valence-electron chi connectivity index (χ4n) is 2.61. The molecule has 1 nitrogen and oxygen atoms in total. The van der Waals surface area contributed by atoms with Gasteiger partial charge in [-0.05, 0) is 38.0 Å². The van der Waals surface area contributed by atoms with E-state index in [2.05, 4.69) is 13.0 Å². The van der Waals surface area contributed by atoms with Gasteiger partial charge >= 0.3 is 0 Å². The second-order valence-corrected chi connectivity index (χ2v) is 4.51. The molecule has 1 saturated carbocycles. The Morgan fingerprint density at radius 2 is 2.31 bits per heavy atom. The predicted octanol–water partition coefficient (Wildman–Crippen LogP) is 3.10. The van der Waals surface area contributed by atoms with Crippen molar-refractivity contribution in [2.45, 2.75) is 45.4 Å². The van der Waals surface area contributed by atoms with E-state index < -0.39 is 0 Å². The van der Waals surface area contributed by atoms with Crippen LogP contribution in [0.15, 0.2) is 11.6 Å². The molecule has 2 rings (SSSR count). The van der Waals surface area contributed by atoms with Crippen molar-refractivity contribution >= 4 is 5.78 Å². The van der Waals surface area contributed by atoms with Crippen molar-refractivity contribution in [1.29, 1.82) is 0 Å². The summed E-state index contributed by atoms with van der Waals surface area (Å²) in [4.78, 5) is 11.3. The Morgan fingerprint density at radius 3 is 2.85 bits per heavy atom. The van der Waals surface area contributed by atoms with Gasteiger partial charge in [0.2, 0.25) is 0 Å². The molecule has 2 aliphatic carbocycles. The van der Waals surface area contributed by atoms with E-state index >= 15 is 0 Å². The lowest BCUT2D eigenvalue weighted by Crippen LogP contribution is -2.10. The largest absolute Gasteiger partial charge is 0.299 e. The van der Waals surface area contributed by atoms with Crippen molar-refractivity contribution in [3.8, 4) is 0 Å². The van der Waals surface area contributed by atoms with Crippen molar-refractivity contribution in [3.05, 3.63) is 11.6 Å². The van der Waals surface area contributed by atoms with Gasteiger partial charge in [0.15, 0.2) is 0 Å². The summed E-state index contributed by atoms with van der Waals surface area (Å²) in [5.74, 6) is 1.49. The third-order valence-corrected chi connectivity index (χ3v) is 3.64. The first kappa shape index (κ1) is 8.98. The number of hydrogen-bond acceptors (Lipinski definition) is 1. The molecule has 0 spiro atoms. The van der Waals surface area contributed by atoms with Crippen molar-refractivity contribution in [2.75, 3.05) is 0 Å². The van der Waals surface area contributed by atoms with Gasteiger partial charge in [-0.15, -0.1) is 0 Å². The van der Waals surface area contributed by atoms with Crippen LogP contribution in [0.5, 0.6) is 0 Å². The SMILES string of the molecule is CC1C(=O)CCC1CC1=CCCC1. The standard InChI is InChI=1S/C12H18O/c1-9-11(6-7-12(9)13)8-10-4-2-3-5-10/h4,9,11H,2-3,5-8H2,1H3. The highest BCUT2D eigenvalue weighted by molar-refractivity contribution is 5.83. The summed E-state index contributed by atoms with van der Waals surface area (Å²) >= 11 is 0. The molecular weight excluding hydrogens is 160 g/mol. The Hall–Kier alpha value is -0.590. The van der Waals surface area contributed by atoms with Gasteiger partial charge in [0, 0.05) is 12.3 Å². The highest BCUT2D eigenvalue weighted by atomic mass is 16.1. The highest BCUT2D eigenvalue weighted by Gasteiger charge is 2.31. The number of rotatable bonds is 2. The number of carbonyl (C=O) groups is 1. The van der Waals surface area contributed by atoms with Crippen LogP contribution in [0.1, 0.15) is 45.4 Å². The van der Waals surface area contributed by atoms with E-state index in [0.717, 1.165) is 12.8 Å². The molecule has 72 valence electrons. The molecular formula is C12H18O.